The molecule has 2 heteroatoms. The zero-order valence-electron chi connectivity index (χ0n) is 17.1. The first-order chi connectivity index (χ1) is 11.6. The molecule has 142 valence electrons. The summed E-state index contributed by atoms with van der Waals surface area (Å²) < 4.78 is 11.9. The van der Waals surface area contributed by atoms with Crippen LogP contribution < -0.4 is 0 Å². The molecular weight excluding hydrogens is 399 g/mol. The summed E-state index contributed by atoms with van der Waals surface area (Å²) in [6, 6.07) is 0. The second-order valence-corrected chi connectivity index (χ2v) is 21.4. The Morgan fingerprint density at radius 1 is 0.875 bits per heavy atom. The van der Waals surface area contributed by atoms with E-state index in [1.165, 1.54) is 58.3 Å². The Morgan fingerprint density at radius 2 is 1.38 bits per heavy atom. The van der Waals surface area contributed by atoms with Crippen molar-refractivity contribution in [3.8, 4) is 0 Å². The van der Waals surface area contributed by atoms with E-state index in [4.69, 9.17) is 4.74 Å². The van der Waals surface area contributed by atoms with Gasteiger partial charge in [-0.25, -0.2) is 0 Å². The fraction of sp³-hybridized carbons (Fsp3) is 0.818. The third-order valence-electron chi connectivity index (χ3n) is 5.30. The molecule has 0 aliphatic heterocycles. The van der Waals surface area contributed by atoms with Crippen LogP contribution in [0.1, 0.15) is 85.5 Å². The van der Waals surface area contributed by atoms with Crippen molar-refractivity contribution >= 4 is 18.4 Å². The maximum absolute atomic E-state index is 6.72. The normalized spacial score (nSPS) is 14.3. The molecule has 0 bridgehead atoms. The van der Waals surface area contributed by atoms with Crippen LogP contribution in [0.2, 0.25) is 13.3 Å². The summed E-state index contributed by atoms with van der Waals surface area (Å²) in [5, 5.41) is 0. The van der Waals surface area contributed by atoms with E-state index in [2.05, 4.69) is 46.9 Å². The number of hydrogen-bond donors (Lipinski definition) is 0. The van der Waals surface area contributed by atoms with Crippen LogP contribution >= 0.6 is 0 Å². The van der Waals surface area contributed by atoms with Crippen molar-refractivity contribution in [2.75, 3.05) is 0 Å². The molecular formula is C22H44OSn. The van der Waals surface area contributed by atoms with Crippen LogP contribution in [0.3, 0.4) is 0 Å². The molecule has 2 unspecified atom stereocenters. The Balaban J connectivity index is 5.40. The fourth-order valence-electron chi connectivity index (χ4n) is 3.80. The zero-order valence-corrected chi connectivity index (χ0v) is 20.0. The van der Waals surface area contributed by atoms with Crippen LogP contribution in [0, 0.1) is 0 Å². The number of ether oxygens (including phenoxy) is 1. The van der Waals surface area contributed by atoms with E-state index < -0.39 is 18.4 Å². The predicted molar refractivity (Wildman–Crippen MR) is 113 cm³/mol. The molecule has 0 aliphatic rings. The molecule has 1 nitrogen and oxygen atoms in total. The minimum absolute atomic E-state index is 0.318. The molecule has 0 aromatic carbocycles. The quantitative estimate of drug-likeness (QED) is 0.165. The molecule has 0 heterocycles. The molecule has 0 spiro atoms. The summed E-state index contributed by atoms with van der Waals surface area (Å²) in [4.78, 5) is 0. The van der Waals surface area contributed by atoms with Crippen molar-refractivity contribution in [3.63, 3.8) is 0 Å². The molecule has 0 aliphatic carbocycles. The number of rotatable bonds is 17. The maximum atomic E-state index is 6.72. The molecule has 0 aromatic rings. The second-order valence-electron chi connectivity index (χ2n) is 7.50. The van der Waals surface area contributed by atoms with E-state index in [1.807, 2.05) is 6.08 Å². The average Bonchev–Trinajstić information content (AvgIpc) is 2.58. The first-order valence-electron chi connectivity index (χ1n) is 10.5. The molecule has 2 atom stereocenters. The molecule has 0 rings (SSSR count). The van der Waals surface area contributed by atoms with Gasteiger partial charge in [0.05, 0.1) is 0 Å². The van der Waals surface area contributed by atoms with Gasteiger partial charge in [0.25, 0.3) is 0 Å². The predicted octanol–water partition coefficient (Wildman–Crippen LogP) is 7.69. The first kappa shape index (κ1) is 24.2. The molecule has 0 amide bonds. The summed E-state index contributed by atoms with van der Waals surface area (Å²) >= 11 is -2.33. The van der Waals surface area contributed by atoms with Crippen LogP contribution in [-0.4, -0.2) is 28.6 Å². The van der Waals surface area contributed by atoms with E-state index >= 15 is 0 Å². The van der Waals surface area contributed by atoms with Gasteiger partial charge in [0.1, 0.15) is 0 Å². The molecule has 0 aromatic heterocycles. The molecule has 0 saturated carbocycles. The Hall–Kier alpha value is 0.239. The topological polar surface area (TPSA) is 9.23 Å². The van der Waals surface area contributed by atoms with Gasteiger partial charge < -0.3 is 0 Å². The van der Waals surface area contributed by atoms with Gasteiger partial charge in [0.2, 0.25) is 0 Å². The number of unbranched alkanes of at least 4 members (excludes halogenated alkanes) is 3. The van der Waals surface area contributed by atoms with E-state index in [1.54, 1.807) is 0 Å². The molecule has 0 N–H and O–H groups in total. The summed E-state index contributed by atoms with van der Waals surface area (Å²) in [5.41, 5.74) is 0. The Kier molecular flexibility index (Phi) is 15.6. The summed E-state index contributed by atoms with van der Waals surface area (Å²) in [6.45, 7) is 17.1. The van der Waals surface area contributed by atoms with E-state index in [9.17, 15) is 0 Å². The van der Waals surface area contributed by atoms with Crippen molar-refractivity contribution < 1.29 is 4.74 Å². The SMILES string of the molecule is C=CCC[CH](OC(C)CC=C)[Sn]([CH2]CCC)([CH2]CCC)[CH2]CCC. The van der Waals surface area contributed by atoms with E-state index in [0.29, 0.717) is 10.2 Å². The van der Waals surface area contributed by atoms with Gasteiger partial charge in [-0.15, -0.1) is 0 Å². The molecule has 0 fully saturated rings. The molecule has 24 heavy (non-hydrogen) atoms. The fourth-order valence-corrected chi connectivity index (χ4v) is 21.5. The Morgan fingerprint density at radius 3 is 1.75 bits per heavy atom. The second kappa shape index (κ2) is 15.5. The molecule has 0 radical (unpaired) electrons. The van der Waals surface area contributed by atoms with Crippen LogP contribution in [0.4, 0.5) is 0 Å². The summed E-state index contributed by atoms with van der Waals surface area (Å²) in [7, 11) is 0. The van der Waals surface area contributed by atoms with Gasteiger partial charge in [0, 0.05) is 0 Å². The van der Waals surface area contributed by atoms with E-state index in [-0.39, 0.29) is 0 Å². The third kappa shape index (κ3) is 9.65. The van der Waals surface area contributed by atoms with Gasteiger partial charge in [-0.2, -0.15) is 0 Å². The van der Waals surface area contributed by atoms with Crippen LogP contribution in [0.25, 0.3) is 0 Å². The van der Waals surface area contributed by atoms with Gasteiger partial charge in [-0.05, 0) is 0 Å². The third-order valence-corrected chi connectivity index (χ3v) is 22.0. The van der Waals surface area contributed by atoms with Crippen molar-refractivity contribution in [2.24, 2.45) is 0 Å². The minimum atomic E-state index is -2.33. The van der Waals surface area contributed by atoms with Crippen LogP contribution in [0.15, 0.2) is 25.3 Å². The molecule has 0 saturated heterocycles. The van der Waals surface area contributed by atoms with Crippen LogP contribution in [0.5, 0.6) is 0 Å². The summed E-state index contributed by atoms with van der Waals surface area (Å²) in [5.74, 6) is 0. The van der Waals surface area contributed by atoms with Crippen LogP contribution in [-0.2, 0) is 4.74 Å². The Bertz CT molecular complexity index is 291. The summed E-state index contributed by atoms with van der Waals surface area (Å²) in [6.07, 6.45) is 15.9. The standard InChI is InChI=1S/C10H17O.3C4H9.Sn/c1-4-6-7-9-11-10(3)8-5-2;3*1-3-4-2;/h4-5,9-10H,1-2,6-8H2,3H3;3*1,3-4H2,2H3;. The number of hydrogen-bond acceptors (Lipinski definition) is 1. The van der Waals surface area contributed by atoms with Crippen molar-refractivity contribution in [2.45, 2.75) is 109 Å². The van der Waals surface area contributed by atoms with Crippen molar-refractivity contribution in [1.29, 1.82) is 0 Å². The van der Waals surface area contributed by atoms with Gasteiger partial charge in [-0.1, -0.05) is 0 Å². The van der Waals surface area contributed by atoms with E-state index in [0.717, 1.165) is 12.8 Å². The van der Waals surface area contributed by atoms with Gasteiger partial charge in [-0.3, -0.25) is 0 Å². The van der Waals surface area contributed by atoms with Gasteiger partial charge in [0.15, 0.2) is 0 Å². The zero-order chi connectivity index (χ0) is 18.3. The van der Waals surface area contributed by atoms with Gasteiger partial charge >= 0.3 is 157 Å². The average molecular weight is 443 g/mol. The van der Waals surface area contributed by atoms with Crippen molar-refractivity contribution in [1.82, 2.24) is 0 Å². The Labute approximate surface area is 157 Å². The van der Waals surface area contributed by atoms with Crippen molar-refractivity contribution in [3.05, 3.63) is 25.3 Å². The number of allylic oxidation sites excluding steroid dienone is 1. The monoisotopic (exact) mass is 444 g/mol. The first-order valence-corrected chi connectivity index (χ1v) is 18.2.